The van der Waals surface area contributed by atoms with Gasteiger partial charge in [0.1, 0.15) is 0 Å². The molecule has 1 aromatic carbocycles. The van der Waals surface area contributed by atoms with Crippen molar-refractivity contribution in [3.05, 3.63) is 51.3 Å². The van der Waals surface area contributed by atoms with E-state index in [1.807, 2.05) is 18.5 Å². The van der Waals surface area contributed by atoms with E-state index in [2.05, 4.69) is 49.4 Å². The van der Waals surface area contributed by atoms with E-state index in [9.17, 15) is 4.79 Å². The van der Waals surface area contributed by atoms with Crippen LogP contribution in [-0.4, -0.2) is 22.2 Å². The van der Waals surface area contributed by atoms with Gasteiger partial charge in [-0.3, -0.25) is 9.48 Å². The number of carbonyl (C=O) groups is 1. The minimum atomic E-state index is 0.0704. The van der Waals surface area contributed by atoms with E-state index in [0.29, 0.717) is 32.4 Å². The molecule has 0 aliphatic carbocycles. The van der Waals surface area contributed by atoms with Crippen LogP contribution in [0.15, 0.2) is 12.1 Å². The van der Waals surface area contributed by atoms with Crippen LogP contribution in [0.3, 0.4) is 0 Å². The lowest BCUT2D eigenvalue weighted by molar-refractivity contribution is -0.121. The zero-order valence-corrected chi connectivity index (χ0v) is 17.1. The molecule has 2 aromatic rings. The number of aromatic nitrogens is 2. The number of hydrogen-bond donors (Lipinski definition) is 1. The van der Waals surface area contributed by atoms with Gasteiger partial charge in [0.2, 0.25) is 5.91 Å². The maximum atomic E-state index is 12.3. The van der Waals surface area contributed by atoms with E-state index in [-0.39, 0.29) is 5.91 Å². The Labute approximate surface area is 162 Å². The summed E-state index contributed by atoms with van der Waals surface area (Å²) in [5.41, 5.74) is 8.31. The van der Waals surface area contributed by atoms with E-state index < -0.39 is 0 Å². The maximum Gasteiger partial charge on any atom is 0.220 e. The highest BCUT2D eigenvalue weighted by molar-refractivity contribution is 5.76. The summed E-state index contributed by atoms with van der Waals surface area (Å²) in [5, 5.41) is 16.3. The molecule has 0 unspecified atom stereocenters. The number of nitriles is 1. The molecule has 144 valence electrons. The van der Waals surface area contributed by atoms with Crippen LogP contribution in [0.1, 0.15) is 52.0 Å². The van der Waals surface area contributed by atoms with Crippen LogP contribution in [0.2, 0.25) is 0 Å². The van der Waals surface area contributed by atoms with E-state index in [1.165, 1.54) is 22.3 Å². The third-order valence-electron chi connectivity index (χ3n) is 5.11. The fourth-order valence-corrected chi connectivity index (χ4v) is 3.73. The highest BCUT2D eigenvalue weighted by Crippen LogP contribution is 2.17. The molecule has 1 aromatic heterocycles. The standard InChI is InChI=1S/C22H30N4O/c1-15-13-16(2)20(17(3)14-15)9-11-24-22(27)8-7-21-18(4)25-26(19(21)5)12-6-10-23/h13-14H,6-9,11-12H2,1-5H3,(H,24,27). The molecule has 1 heterocycles. The third kappa shape index (κ3) is 5.43. The number of rotatable bonds is 8. The summed E-state index contributed by atoms with van der Waals surface area (Å²) in [4.78, 5) is 12.3. The number of amides is 1. The van der Waals surface area contributed by atoms with Crippen LogP contribution in [-0.2, 0) is 24.2 Å². The van der Waals surface area contributed by atoms with Gasteiger partial charge < -0.3 is 5.32 Å². The van der Waals surface area contributed by atoms with E-state index in [0.717, 1.165) is 23.4 Å². The van der Waals surface area contributed by atoms with Crippen LogP contribution < -0.4 is 5.32 Å². The molecule has 0 saturated heterocycles. The lowest BCUT2D eigenvalue weighted by Gasteiger charge is -2.12. The SMILES string of the molecule is Cc1cc(C)c(CCNC(=O)CCc2c(C)nn(CCC#N)c2C)c(C)c1. The van der Waals surface area contributed by atoms with Gasteiger partial charge in [-0.15, -0.1) is 0 Å². The molecule has 0 saturated carbocycles. The van der Waals surface area contributed by atoms with Gasteiger partial charge in [0.05, 0.1) is 24.7 Å². The summed E-state index contributed by atoms with van der Waals surface area (Å²) in [5.74, 6) is 0.0704. The molecular formula is C22H30N4O. The van der Waals surface area contributed by atoms with Crippen molar-refractivity contribution in [3.63, 3.8) is 0 Å². The second kappa shape index (κ2) is 9.36. The van der Waals surface area contributed by atoms with Crippen molar-refractivity contribution < 1.29 is 4.79 Å². The van der Waals surface area contributed by atoms with Crippen molar-refractivity contribution in [1.82, 2.24) is 15.1 Å². The first-order valence-electron chi connectivity index (χ1n) is 9.56. The van der Waals surface area contributed by atoms with Gasteiger partial charge in [0, 0.05) is 18.7 Å². The molecule has 1 N–H and O–H groups in total. The number of carbonyl (C=O) groups excluding carboxylic acids is 1. The summed E-state index contributed by atoms with van der Waals surface area (Å²) < 4.78 is 1.87. The molecule has 2 rings (SSSR count). The molecule has 5 heteroatoms. The van der Waals surface area contributed by atoms with Crippen molar-refractivity contribution >= 4 is 5.91 Å². The van der Waals surface area contributed by atoms with Crippen molar-refractivity contribution in [1.29, 1.82) is 5.26 Å². The predicted molar refractivity (Wildman–Crippen MR) is 108 cm³/mol. The van der Waals surface area contributed by atoms with Gasteiger partial charge in [-0.05, 0) is 69.7 Å². The van der Waals surface area contributed by atoms with E-state index in [1.54, 1.807) is 0 Å². The summed E-state index contributed by atoms with van der Waals surface area (Å²) in [6.45, 7) is 11.6. The van der Waals surface area contributed by atoms with Gasteiger partial charge >= 0.3 is 0 Å². The predicted octanol–water partition coefficient (Wildman–Crippen LogP) is 3.63. The van der Waals surface area contributed by atoms with Crippen molar-refractivity contribution in [2.75, 3.05) is 6.54 Å². The quantitative estimate of drug-likeness (QED) is 0.775. The summed E-state index contributed by atoms with van der Waals surface area (Å²) in [7, 11) is 0. The van der Waals surface area contributed by atoms with Crippen LogP contribution in [0.4, 0.5) is 0 Å². The largest absolute Gasteiger partial charge is 0.356 e. The Morgan fingerprint density at radius 1 is 1.11 bits per heavy atom. The molecule has 0 atom stereocenters. The first-order valence-corrected chi connectivity index (χ1v) is 9.56. The molecule has 0 radical (unpaired) electrons. The number of nitrogens with zero attached hydrogens (tertiary/aromatic N) is 3. The number of benzene rings is 1. The third-order valence-corrected chi connectivity index (χ3v) is 5.11. The molecule has 0 aliphatic heterocycles. The Kier molecular flexibility index (Phi) is 7.18. The van der Waals surface area contributed by atoms with Gasteiger partial charge in [-0.1, -0.05) is 17.7 Å². The van der Waals surface area contributed by atoms with Crippen LogP contribution in [0.25, 0.3) is 0 Å². The lowest BCUT2D eigenvalue weighted by atomic mass is 9.97. The second-order valence-corrected chi connectivity index (χ2v) is 7.26. The Hall–Kier alpha value is -2.61. The fourth-order valence-electron chi connectivity index (χ4n) is 3.73. The Balaban J connectivity index is 1.85. The van der Waals surface area contributed by atoms with Gasteiger partial charge in [-0.2, -0.15) is 10.4 Å². The number of nitrogens with one attached hydrogen (secondary N) is 1. The number of hydrogen-bond acceptors (Lipinski definition) is 3. The molecule has 5 nitrogen and oxygen atoms in total. The molecule has 0 bridgehead atoms. The van der Waals surface area contributed by atoms with Gasteiger partial charge in [0.15, 0.2) is 0 Å². The summed E-state index contributed by atoms with van der Waals surface area (Å²) in [6, 6.07) is 6.53. The van der Waals surface area contributed by atoms with E-state index in [4.69, 9.17) is 5.26 Å². The minimum Gasteiger partial charge on any atom is -0.356 e. The van der Waals surface area contributed by atoms with Crippen molar-refractivity contribution in [2.45, 2.75) is 66.8 Å². The number of aryl methyl sites for hydroxylation is 5. The van der Waals surface area contributed by atoms with Crippen molar-refractivity contribution in [3.8, 4) is 6.07 Å². The van der Waals surface area contributed by atoms with Crippen LogP contribution in [0.5, 0.6) is 0 Å². The topological polar surface area (TPSA) is 70.7 Å². The molecule has 0 aliphatic rings. The molecular weight excluding hydrogens is 336 g/mol. The van der Waals surface area contributed by atoms with Crippen molar-refractivity contribution in [2.24, 2.45) is 0 Å². The smallest absolute Gasteiger partial charge is 0.220 e. The normalized spacial score (nSPS) is 10.7. The van der Waals surface area contributed by atoms with Crippen LogP contribution >= 0.6 is 0 Å². The zero-order chi connectivity index (χ0) is 20.0. The average molecular weight is 367 g/mol. The molecule has 1 amide bonds. The Bertz CT molecular complexity index is 835. The lowest BCUT2D eigenvalue weighted by Crippen LogP contribution is -2.26. The summed E-state index contributed by atoms with van der Waals surface area (Å²) in [6.07, 6.45) is 2.43. The molecule has 0 fully saturated rings. The summed E-state index contributed by atoms with van der Waals surface area (Å²) >= 11 is 0. The highest BCUT2D eigenvalue weighted by Gasteiger charge is 2.13. The minimum absolute atomic E-state index is 0.0704. The monoisotopic (exact) mass is 366 g/mol. The van der Waals surface area contributed by atoms with Crippen LogP contribution in [0, 0.1) is 45.9 Å². The van der Waals surface area contributed by atoms with Gasteiger partial charge in [-0.25, -0.2) is 0 Å². The Morgan fingerprint density at radius 2 is 1.78 bits per heavy atom. The molecule has 27 heavy (non-hydrogen) atoms. The molecule has 0 spiro atoms. The Morgan fingerprint density at radius 3 is 2.41 bits per heavy atom. The second-order valence-electron chi connectivity index (χ2n) is 7.26. The fraction of sp³-hybridized carbons (Fsp3) is 0.500. The van der Waals surface area contributed by atoms with Gasteiger partial charge in [0.25, 0.3) is 0 Å². The highest BCUT2D eigenvalue weighted by atomic mass is 16.1. The zero-order valence-electron chi connectivity index (χ0n) is 17.1. The first kappa shape index (κ1) is 20.7. The average Bonchev–Trinajstić information content (AvgIpc) is 2.87. The first-order chi connectivity index (χ1) is 12.8. The maximum absolute atomic E-state index is 12.3. The van der Waals surface area contributed by atoms with E-state index >= 15 is 0 Å².